The van der Waals surface area contributed by atoms with Gasteiger partial charge in [-0.05, 0) is 70.7 Å². The summed E-state index contributed by atoms with van der Waals surface area (Å²) in [6.45, 7) is 10.3. The molecular formula is C19H31NO3S. The van der Waals surface area contributed by atoms with Gasteiger partial charge in [-0.15, -0.1) is 11.3 Å². The molecule has 1 aromatic rings. The number of likely N-dealkylation sites (tertiary alicyclic amines) is 1. The van der Waals surface area contributed by atoms with E-state index in [-0.39, 0.29) is 12.2 Å². The molecule has 0 aromatic carbocycles. The standard InChI is InChI=1S/C19H31NO3S/c1-15(17-8-6-14-24-17)22-13-5-7-16-9-11-20(12-10-16)18(21)23-19(2,3)4/h6,8,14-16H,5,7,9-13H2,1-4H3/t15-/m0/s1. The number of piperidine rings is 1. The largest absolute Gasteiger partial charge is 0.444 e. The van der Waals surface area contributed by atoms with Crippen LogP contribution in [0.5, 0.6) is 0 Å². The van der Waals surface area contributed by atoms with Crippen LogP contribution in [0.4, 0.5) is 4.79 Å². The summed E-state index contributed by atoms with van der Waals surface area (Å²) in [4.78, 5) is 15.2. The Kier molecular flexibility index (Phi) is 7.11. The van der Waals surface area contributed by atoms with E-state index in [0.717, 1.165) is 39.0 Å². The van der Waals surface area contributed by atoms with Gasteiger partial charge in [0, 0.05) is 24.6 Å². The highest BCUT2D eigenvalue weighted by molar-refractivity contribution is 7.10. The molecule has 4 nitrogen and oxygen atoms in total. The van der Waals surface area contributed by atoms with Gasteiger partial charge in [-0.3, -0.25) is 0 Å². The van der Waals surface area contributed by atoms with Crippen molar-refractivity contribution in [3.63, 3.8) is 0 Å². The molecule has 0 aliphatic carbocycles. The number of thiophene rings is 1. The second-order valence-corrected chi connectivity index (χ2v) is 8.56. The molecule has 1 amide bonds. The summed E-state index contributed by atoms with van der Waals surface area (Å²) in [5.41, 5.74) is -0.412. The Labute approximate surface area is 150 Å². The fourth-order valence-corrected chi connectivity index (χ4v) is 3.70. The zero-order valence-electron chi connectivity index (χ0n) is 15.4. The minimum Gasteiger partial charge on any atom is -0.444 e. The van der Waals surface area contributed by atoms with Gasteiger partial charge in [-0.1, -0.05) is 6.07 Å². The number of amides is 1. The van der Waals surface area contributed by atoms with Crippen molar-refractivity contribution in [2.75, 3.05) is 19.7 Å². The van der Waals surface area contributed by atoms with Gasteiger partial charge in [0.1, 0.15) is 5.60 Å². The molecule has 0 bridgehead atoms. The predicted molar refractivity (Wildman–Crippen MR) is 98.5 cm³/mol. The molecule has 0 saturated carbocycles. The number of carbonyl (C=O) groups excluding carboxylic acids is 1. The molecule has 0 N–H and O–H groups in total. The Morgan fingerprint density at radius 2 is 2.08 bits per heavy atom. The van der Waals surface area contributed by atoms with Gasteiger partial charge in [0.2, 0.25) is 0 Å². The van der Waals surface area contributed by atoms with Crippen molar-refractivity contribution in [1.82, 2.24) is 4.90 Å². The first kappa shape index (κ1) is 19.3. The molecule has 2 heterocycles. The zero-order chi connectivity index (χ0) is 17.6. The first-order valence-corrected chi connectivity index (χ1v) is 9.86. The highest BCUT2D eigenvalue weighted by Gasteiger charge is 2.26. The maximum atomic E-state index is 12.1. The van der Waals surface area contributed by atoms with Gasteiger partial charge in [0.15, 0.2) is 0 Å². The Hall–Kier alpha value is -1.07. The lowest BCUT2D eigenvalue weighted by Gasteiger charge is -2.33. The topological polar surface area (TPSA) is 38.8 Å². The molecule has 0 spiro atoms. The number of carbonyl (C=O) groups is 1. The van der Waals surface area contributed by atoms with Crippen molar-refractivity contribution < 1.29 is 14.3 Å². The fraction of sp³-hybridized carbons (Fsp3) is 0.737. The van der Waals surface area contributed by atoms with E-state index < -0.39 is 5.60 Å². The van der Waals surface area contributed by atoms with Crippen molar-refractivity contribution in [2.45, 2.75) is 65.1 Å². The number of rotatable bonds is 6. The summed E-state index contributed by atoms with van der Waals surface area (Å²) < 4.78 is 11.4. The number of nitrogens with zero attached hydrogens (tertiary/aromatic N) is 1. The summed E-state index contributed by atoms with van der Waals surface area (Å²) in [7, 11) is 0. The Balaban J connectivity index is 1.59. The van der Waals surface area contributed by atoms with Crippen LogP contribution in [0.25, 0.3) is 0 Å². The molecule has 0 unspecified atom stereocenters. The van der Waals surface area contributed by atoms with Crippen LogP contribution in [0.2, 0.25) is 0 Å². The van der Waals surface area contributed by atoms with E-state index in [1.54, 1.807) is 11.3 Å². The minimum atomic E-state index is -0.412. The summed E-state index contributed by atoms with van der Waals surface area (Å²) >= 11 is 1.75. The number of hydrogen-bond acceptors (Lipinski definition) is 4. The smallest absolute Gasteiger partial charge is 0.410 e. The molecule has 24 heavy (non-hydrogen) atoms. The van der Waals surface area contributed by atoms with Gasteiger partial charge in [0.25, 0.3) is 0 Å². The zero-order valence-corrected chi connectivity index (χ0v) is 16.2. The van der Waals surface area contributed by atoms with E-state index in [1.807, 2.05) is 25.7 Å². The monoisotopic (exact) mass is 353 g/mol. The van der Waals surface area contributed by atoms with Gasteiger partial charge >= 0.3 is 6.09 Å². The third kappa shape index (κ3) is 6.44. The Bertz CT molecular complexity index is 487. The quantitative estimate of drug-likeness (QED) is 0.655. The van der Waals surface area contributed by atoms with Gasteiger partial charge < -0.3 is 14.4 Å². The molecule has 1 saturated heterocycles. The van der Waals surface area contributed by atoms with Crippen LogP contribution in [0.15, 0.2) is 17.5 Å². The summed E-state index contributed by atoms with van der Waals surface area (Å²) in [6.07, 6.45) is 4.43. The Morgan fingerprint density at radius 3 is 2.67 bits per heavy atom. The van der Waals surface area contributed by atoms with E-state index in [9.17, 15) is 4.79 Å². The van der Waals surface area contributed by atoms with E-state index in [4.69, 9.17) is 9.47 Å². The van der Waals surface area contributed by atoms with Crippen molar-refractivity contribution >= 4 is 17.4 Å². The van der Waals surface area contributed by atoms with Crippen LogP contribution in [0, 0.1) is 5.92 Å². The molecule has 1 aromatic heterocycles. The molecule has 136 valence electrons. The second kappa shape index (κ2) is 8.86. The third-order valence-electron chi connectivity index (χ3n) is 4.33. The van der Waals surface area contributed by atoms with E-state index in [0.29, 0.717) is 5.92 Å². The molecule has 0 radical (unpaired) electrons. The van der Waals surface area contributed by atoms with Crippen molar-refractivity contribution in [2.24, 2.45) is 5.92 Å². The van der Waals surface area contributed by atoms with Crippen molar-refractivity contribution in [3.8, 4) is 0 Å². The maximum absolute atomic E-state index is 12.1. The van der Waals surface area contributed by atoms with Gasteiger partial charge in [-0.25, -0.2) is 4.79 Å². The SMILES string of the molecule is C[C@H](OCCCC1CCN(C(=O)OC(C)(C)C)CC1)c1cccs1. The lowest BCUT2D eigenvalue weighted by Crippen LogP contribution is -2.41. The predicted octanol–water partition coefficient (Wildman–Crippen LogP) is 5.25. The third-order valence-corrected chi connectivity index (χ3v) is 5.37. The molecule has 5 heteroatoms. The molecule has 1 aliphatic rings. The van der Waals surface area contributed by atoms with Gasteiger partial charge in [0.05, 0.1) is 6.10 Å². The normalized spacial score (nSPS) is 17.8. The van der Waals surface area contributed by atoms with E-state index in [2.05, 4.69) is 24.4 Å². The van der Waals surface area contributed by atoms with Crippen molar-refractivity contribution in [3.05, 3.63) is 22.4 Å². The minimum absolute atomic E-state index is 0.172. The second-order valence-electron chi connectivity index (χ2n) is 7.58. The average Bonchev–Trinajstić information content (AvgIpc) is 3.04. The van der Waals surface area contributed by atoms with Gasteiger partial charge in [-0.2, -0.15) is 0 Å². The number of ether oxygens (including phenoxy) is 2. The number of hydrogen-bond donors (Lipinski definition) is 0. The summed E-state index contributed by atoms with van der Waals surface area (Å²) in [5.74, 6) is 0.698. The fourth-order valence-electron chi connectivity index (χ4n) is 2.97. The van der Waals surface area contributed by atoms with Crippen LogP contribution in [0.1, 0.15) is 64.4 Å². The van der Waals surface area contributed by atoms with E-state index in [1.165, 1.54) is 11.3 Å². The molecular weight excluding hydrogens is 322 g/mol. The summed E-state index contributed by atoms with van der Waals surface area (Å²) in [6, 6.07) is 4.19. The van der Waals surface area contributed by atoms with Crippen LogP contribution < -0.4 is 0 Å². The van der Waals surface area contributed by atoms with Crippen LogP contribution in [0.3, 0.4) is 0 Å². The molecule has 1 atom stereocenters. The van der Waals surface area contributed by atoms with Crippen LogP contribution in [-0.2, 0) is 9.47 Å². The molecule has 1 fully saturated rings. The lowest BCUT2D eigenvalue weighted by atomic mass is 9.92. The van der Waals surface area contributed by atoms with Crippen LogP contribution >= 0.6 is 11.3 Å². The van der Waals surface area contributed by atoms with Crippen molar-refractivity contribution in [1.29, 1.82) is 0 Å². The molecule has 1 aliphatic heterocycles. The highest BCUT2D eigenvalue weighted by atomic mass is 32.1. The summed E-state index contributed by atoms with van der Waals surface area (Å²) in [5, 5.41) is 2.09. The lowest BCUT2D eigenvalue weighted by molar-refractivity contribution is 0.0170. The maximum Gasteiger partial charge on any atom is 0.410 e. The highest BCUT2D eigenvalue weighted by Crippen LogP contribution is 2.25. The molecule has 2 rings (SSSR count). The van der Waals surface area contributed by atoms with E-state index >= 15 is 0 Å². The van der Waals surface area contributed by atoms with Crippen LogP contribution in [-0.4, -0.2) is 36.3 Å². The first-order valence-electron chi connectivity index (χ1n) is 8.98. The average molecular weight is 354 g/mol. The Morgan fingerprint density at radius 1 is 1.38 bits per heavy atom. The first-order chi connectivity index (χ1) is 11.3.